The second kappa shape index (κ2) is 3.33. The van der Waals surface area contributed by atoms with Crippen molar-refractivity contribution in [1.82, 2.24) is 0 Å². The van der Waals surface area contributed by atoms with Crippen molar-refractivity contribution in [2.75, 3.05) is 11.4 Å². The zero-order valence-electron chi connectivity index (χ0n) is 7.21. The smallest absolute Gasteiger partial charge is 0.245 e. The minimum atomic E-state index is -0.404. The van der Waals surface area contributed by atoms with Crippen LogP contribution in [-0.2, 0) is 4.79 Å². The summed E-state index contributed by atoms with van der Waals surface area (Å²) in [6.07, 6.45) is 0. The van der Waals surface area contributed by atoms with Gasteiger partial charge in [-0.05, 0) is 34.1 Å². The maximum atomic E-state index is 12.9. The lowest BCUT2D eigenvalue weighted by molar-refractivity contribution is -0.123. The van der Waals surface area contributed by atoms with E-state index < -0.39 is 6.04 Å². The van der Waals surface area contributed by atoms with Crippen LogP contribution in [0.2, 0.25) is 0 Å². The highest BCUT2D eigenvalue weighted by Crippen LogP contribution is 2.26. The molecule has 1 aliphatic heterocycles. The van der Waals surface area contributed by atoms with E-state index in [1.54, 1.807) is 12.1 Å². The van der Waals surface area contributed by atoms with Crippen LogP contribution in [0.25, 0.3) is 0 Å². The van der Waals surface area contributed by atoms with Crippen molar-refractivity contribution in [2.45, 2.75) is 6.04 Å². The highest BCUT2D eigenvalue weighted by atomic mass is 79.9. The second-order valence-electron chi connectivity index (χ2n) is 3.15. The summed E-state index contributed by atoms with van der Waals surface area (Å²) in [4.78, 5) is 12.8. The van der Waals surface area contributed by atoms with Gasteiger partial charge in [0.15, 0.2) is 0 Å². The summed E-state index contributed by atoms with van der Waals surface area (Å²) in [6, 6.07) is 4.04. The molecular formula is C9H8BrFN2O. The molecule has 14 heavy (non-hydrogen) atoms. The van der Waals surface area contributed by atoms with Crippen LogP contribution >= 0.6 is 15.9 Å². The van der Waals surface area contributed by atoms with E-state index in [0.717, 1.165) is 0 Å². The first-order valence-corrected chi connectivity index (χ1v) is 4.91. The summed E-state index contributed by atoms with van der Waals surface area (Å²) in [7, 11) is 0. The number of carbonyl (C=O) groups is 1. The van der Waals surface area contributed by atoms with Gasteiger partial charge in [-0.25, -0.2) is 4.39 Å². The fraction of sp³-hybridized carbons (Fsp3) is 0.222. The van der Waals surface area contributed by atoms with Crippen LogP contribution in [0.3, 0.4) is 0 Å². The van der Waals surface area contributed by atoms with Gasteiger partial charge in [0.2, 0.25) is 5.91 Å². The van der Waals surface area contributed by atoms with E-state index in [2.05, 4.69) is 15.9 Å². The topological polar surface area (TPSA) is 46.3 Å². The lowest BCUT2D eigenvalue weighted by Gasteiger charge is -2.36. The van der Waals surface area contributed by atoms with E-state index >= 15 is 0 Å². The van der Waals surface area contributed by atoms with Crippen molar-refractivity contribution in [3.63, 3.8) is 0 Å². The first-order valence-electron chi connectivity index (χ1n) is 4.11. The first-order chi connectivity index (χ1) is 6.59. The Morgan fingerprint density at radius 1 is 1.57 bits per heavy atom. The number of carbonyl (C=O) groups excluding carboxylic acids is 1. The molecule has 1 aromatic rings. The molecule has 0 bridgehead atoms. The van der Waals surface area contributed by atoms with Gasteiger partial charge < -0.3 is 10.6 Å². The number of hydrogen-bond acceptors (Lipinski definition) is 2. The van der Waals surface area contributed by atoms with E-state index in [9.17, 15) is 9.18 Å². The van der Waals surface area contributed by atoms with Crippen molar-refractivity contribution in [3.05, 3.63) is 28.5 Å². The number of amides is 1. The standard InChI is InChI=1S/C9H8BrFN2O/c10-6-3-5(1-2-7(6)11)13-4-8(12)9(13)14/h1-3,8H,4,12H2. The summed E-state index contributed by atoms with van der Waals surface area (Å²) >= 11 is 3.06. The molecule has 1 fully saturated rings. The Labute approximate surface area is 88.8 Å². The minimum absolute atomic E-state index is 0.122. The Morgan fingerprint density at radius 2 is 2.29 bits per heavy atom. The third-order valence-electron chi connectivity index (χ3n) is 2.18. The summed E-state index contributed by atoms with van der Waals surface area (Å²) in [5, 5.41) is 0. The van der Waals surface area contributed by atoms with Crippen LogP contribution in [0, 0.1) is 5.82 Å². The van der Waals surface area contributed by atoms with E-state index in [1.165, 1.54) is 11.0 Å². The number of hydrogen-bond donors (Lipinski definition) is 1. The summed E-state index contributed by atoms with van der Waals surface area (Å²) in [5.74, 6) is -0.463. The zero-order chi connectivity index (χ0) is 10.3. The van der Waals surface area contributed by atoms with Crippen molar-refractivity contribution in [1.29, 1.82) is 0 Å². The molecule has 0 saturated carbocycles. The average molecular weight is 259 g/mol. The molecule has 0 spiro atoms. The SMILES string of the molecule is NC1CN(c2ccc(F)c(Br)c2)C1=O. The summed E-state index contributed by atoms with van der Waals surface area (Å²) in [5.41, 5.74) is 6.11. The molecule has 2 N–H and O–H groups in total. The Kier molecular flexibility index (Phi) is 2.28. The molecule has 0 aliphatic carbocycles. The Balaban J connectivity index is 2.26. The molecule has 1 heterocycles. The van der Waals surface area contributed by atoms with Crippen LogP contribution in [0.1, 0.15) is 0 Å². The number of anilines is 1. The maximum absolute atomic E-state index is 12.9. The number of rotatable bonds is 1. The van der Waals surface area contributed by atoms with Gasteiger partial charge in [0.25, 0.3) is 0 Å². The predicted octanol–water partition coefficient (Wildman–Crippen LogP) is 1.26. The fourth-order valence-corrected chi connectivity index (χ4v) is 1.70. The van der Waals surface area contributed by atoms with Gasteiger partial charge in [0, 0.05) is 5.69 Å². The molecule has 3 nitrogen and oxygen atoms in total. The molecule has 1 aliphatic rings. The largest absolute Gasteiger partial charge is 0.318 e. The number of nitrogens with zero attached hydrogens (tertiary/aromatic N) is 1. The third kappa shape index (κ3) is 1.42. The second-order valence-corrected chi connectivity index (χ2v) is 4.01. The molecule has 1 aromatic carbocycles. The molecule has 1 saturated heterocycles. The Hall–Kier alpha value is -0.940. The predicted molar refractivity (Wildman–Crippen MR) is 54.4 cm³/mol. The number of benzene rings is 1. The van der Waals surface area contributed by atoms with Crippen LogP contribution in [0.15, 0.2) is 22.7 Å². The van der Waals surface area contributed by atoms with Gasteiger partial charge in [-0.1, -0.05) is 0 Å². The molecule has 1 unspecified atom stereocenters. The quantitative estimate of drug-likeness (QED) is 0.772. The molecule has 5 heteroatoms. The van der Waals surface area contributed by atoms with Gasteiger partial charge >= 0.3 is 0 Å². The van der Waals surface area contributed by atoms with Crippen molar-refractivity contribution in [3.8, 4) is 0 Å². The van der Waals surface area contributed by atoms with Crippen LogP contribution in [-0.4, -0.2) is 18.5 Å². The van der Waals surface area contributed by atoms with Crippen LogP contribution in [0.5, 0.6) is 0 Å². The van der Waals surface area contributed by atoms with E-state index in [1.807, 2.05) is 0 Å². The fourth-order valence-electron chi connectivity index (χ4n) is 1.34. The van der Waals surface area contributed by atoms with Gasteiger partial charge in [-0.15, -0.1) is 0 Å². The molecule has 1 amide bonds. The van der Waals surface area contributed by atoms with Crippen molar-refractivity contribution < 1.29 is 9.18 Å². The molecule has 0 radical (unpaired) electrons. The molecular weight excluding hydrogens is 251 g/mol. The van der Waals surface area contributed by atoms with Crippen molar-refractivity contribution >= 4 is 27.5 Å². The summed E-state index contributed by atoms with van der Waals surface area (Å²) in [6.45, 7) is 0.497. The Morgan fingerprint density at radius 3 is 2.79 bits per heavy atom. The highest BCUT2D eigenvalue weighted by Gasteiger charge is 2.34. The Bertz CT molecular complexity index is 396. The average Bonchev–Trinajstić information content (AvgIpc) is 2.18. The normalized spacial score (nSPS) is 20.9. The molecule has 0 aromatic heterocycles. The van der Waals surface area contributed by atoms with E-state index in [-0.39, 0.29) is 11.7 Å². The molecule has 2 rings (SSSR count). The van der Waals surface area contributed by atoms with Gasteiger partial charge in [0.05, 0.1) is 11.0 Å². The lowest BCUT2D eigenvalue weighted by atomic mass is 10.1. The zero-order valence-corrected chi connectivity index (χ0v) is 8.79. The summed E-state index contributed by atoms with van der Waals surface area (Å²) < 4.78 is 13.2. The maximum Gasteiger partial charge on any atom is 0.245 e. The van der Waals surface area contributed by atoms with E-state index in [4.69, 9.17) is 5.73 Å². The lowest BCUT2D eigenvalue weighted by Crippen LogP contribution is -2.61. The van der Waals surface area contributed by atoms with E-state index in [0.29, 0.717) is 16.7 Å². The molecule has 1 atom stereocenters. The number of halogens is 2. The first kappa shape index (κ1) is 9.61. The molecule has 74 valence electrons. The van der Waals surface area contributed by atoms with Gasteiger partial charge in [0.1, 0.15) is 11.9 Å². The van der Waals surface area contributed by atoms with Crippen molar-refractivity contribution in [2.24, 2.45) is 5.73 Å². The highest BCUT2D eigenvalue weighted by molar-refractivity contribution is 9.10. The van der Waals surface area contributed by atoms with Gasteiger partial charge in [-0.3, -0.25) is 4.79 Å². The number of β-lactam (4-membered cyclic amide) rings is 1. The van der Waals surface area contributed by atoms with Crippen LogP contribution < -0.4 is 10.6 Å². The monoisotopic (exact) mass is 258 g/mol. The third-order valence-corrected chi connectivity index (χ3v) is 2.79. The minimum Gasteiger partial charge on any atom is -0.318 e. The number of nitrogens with two attached hydrogens (primary N) is 1. The van der Waals surface area contributed by atoms with Gasteiger partial charge in [-0.2, -0.15) is 0 Å². The van der Waals surface area contributed by atoms with Crippen LogP contribution in [0.4, 0.5) is 10.1 Å².